The molecule has 0 radical (unpaired) electrons. The van der Waals surface area contributed by atoms with E-state index in [1.54, 1.807) is 36.4 Å². The van der Waals surface area contributed by atoms with Gasteiger partial charge in [-0.15, -0.1) is 0 Å². The highest BCUT2D eigenvalue weighted by Gasteiger charge is 2.13. The van der Waals surface area contributed by atoms with Crippen LogP contribution in [0.1, 0.15) is 5.56 Å². The fourth-order valence-electron chi connectivity index (χ4n) is 1.99. The number of allylic oxidation sites excluding steroid dienone is 2. The molecule has 2 aromatic rings. The summed E-state index contributed by atoms with van der Waals surface area (Å²) in [7, 11) is 0. The summed E-state index contributed by atoms with van der Waals surface area (Å²) in [5, 5.41) is 4.37. The molecule has 0 aliphatic heterocycles. The van der Waals surface area contributed by atoms with Crippen molar-refractivity contribution in [2.75, 3.05) is 10.3 Å². The molecule has 2 amide bonds. The molecule has 0 fully saturated rings. The third-order valence-corrected chi connectivity index (χ3v) is 3.27. The number of carbonyl (C=O) groups is 1. The molecule has 2 rings (SSSR count). The number of anilines is 2. The smallest absolute Gasteiger partial charge is 0.317 e. The molecule has 0 spiro atoms. The van der Waals surface area contributed by atoms with Crippen LogP contribution in [-0.4, -0.2) is 11.0 Å². The molecule has 1 heterocycles. The SMILES string of the molecule is C=C/C=C(/c1ccnc(NC(N)=O)c1)N(N)c1ccccc1Cl. The molecular weight excluding hydrogens is 314 g/mol. The Morgan fingerprint density at radius 1 is 1.35 bits per heavy atom. The maximum absolute atomic E-state index is 11.0. The molecule has 7 heteroatoms. The lowest BCUT2D eigenvalue weighted by Crippen LogP contribution is -2.29. The third-order valence-electron chi connectivity index (χ3n) is 2.95. The number of benzene rings is 1. The van der Waals surface area contributed by atoms with Crippen LogP contribution in [0.3, 0.4) is 0 Å². The molecular formula is C16H16ClN5O. The van der Waals surface area contributed by atoms with E-state index >= 15 is 0 Å². The Balaban J connectivity index is 2.43. The van der Waals surface area contributed by atoms with Crippen LogP contribution in [0, 0.1) is 0 Å². The first kappa shape index (κ1) is 16.5. The van der Waals surface area contributed by atoms with Crippen molar-refractivity contribution in [3.8, 4) is 0 Å². The molecule has 0 aliphatic rings. The number of urea groups is 1. The van der Waals surface area contributed by atoms with Crippen LogP contribution in [0.2, 0.25) is 5.02 Å². The summed E-state index contributed by atoms with van der Waals surface area (Å²) in [6.45, 7) is 3.70. The van der Waals surface area contributed by atoms with Gasteiger partial charge in [0, 0.05) is 11.8 Å². The molecule has 0 atom stereocenters. The highest BCUT2D eigenvalue weighted by molar-refractivity contribution is 6.33. The lowest BCUT2D eigenvalue weighted by Gasteiger charge is -2.23. The number of para-hydroxylation sites is 1. The van der Waals surface area contributed by atoms with E-state index in [1.165, 1.54) is 11.2 Å². The number of rotatable bonds is 5. The van der Waals surface area contributed by atoms with Crippen LogP contribution < -0.4 is 21.9 Å². The number of hydrazine groups is 1. The highest BCUT2D eigenvalue weighted by atomic mass is 35.5. The average Bonchev–Trinajstić information content (AvgIpc) is 2.52. The van der Waals surface area contributed by atoms with E-state index in [4.69, 9.17) is 23.2 Å². The van der Waals surface area contributed by atoms with E-state index in [2.05, 4.69) is 16.9 Å². The van der Waals surface area contributed by atoms with Crippen molar-refractivity contribution < 1.29 is 4.79 Å². The maximum atomic E-state index is 11.0. The Hall–Kier alpha value is -2.83. The van der Waals surface area contributed by atoms with E-state index in [1.807, 2.05) is 12.1 Å². The standard InChI is InChI=1S/C16H16ClN5O/c1-2-5-13(22(19)14-7-4-3-6-12(14)17)11-8-9-20-15(10-11)21-16(18)23/h2-10H,1,19H2,(H3,18,20,21,23)/b13-5-. The summed E-state index contributed by atoms with van der Waals surface area (Å²) >= 11 is 6.19. The first-order valence-electron chi connectivity index (χ1n) is 6.68. The number of halogens is 1. The monoisotopic (exact) mass is 329 g/mol. The minimum Gasteiger partial charge on any atom is -0.351 e. The van der Waals surface area contributed by atoms with Gasteiger partial charge in [0.15, 0.2) is 0 Å². The molecule has 0 unspecified atom stereocenters. The number of primary amides is 1. The van der Waals surface area contributed by atoms with Crippen molar-refractivity contribution in [1.29, 1.82) is 0 Å². The van der Waals surface area contributed by atoms with Gasteiger partial charge in [-0.3, -0.25) is 10.3 Å². The van der Waals surface area contributed by atoms with Gasteiger partial charge in [-0.05, 0) is 30.3 Å². The number of hydrogen-bond acceptors (Lipinski definition) is 4. The molecule has 5 N–H and O–H groups in total. The fraction of sp³-hybridized carbons (Fsp3) is 0. The highest BCUT2D eigenvalue weighted by Crippen LogP contribution is 2.29. The second-order valence-corrected chi connectivity index (χ2v) is 4.94. The summed E-state index contributed by atoms with van der Waals surface area (Å²) in [6, 6.07) is 9.89. The quantitative estimate of drug-likeness (QED) is 0.446. The van der Waals surface area contributed by atoms with Crippen molar-refractivity contribution in [1.82, 2.24) is 4.98 Å². The van der Waals surface area contributed by atoms with Gasteiger partial charge in [0.05, 0.1) is 16.4 Å². The zero-order valence-electron chi connectivity index (χ0n) is 12.2. The number of carbonyl (C=O) groups excluding carboxylic acids is 1. The Kier molecular flexibility index (Phi) is 5.35. The largest absolute Gasteiger partial charge is 0.351 e. The van der Waals surface area contributed by atoms with Crippen LogP contribution in [0.5, 0.6) is 0 Å². The Morgan fingerprint density at radius 3 is 2.74 bits per heavy atom. The molecule has 118 valence electrons. The topological polar surface area (TPSA) is 97.3 Å². The van der Waals surface area contributed by atoms with Crippen LogP contribution in [-0.2, 0) is 0 Å². The third kappa shape index (κ3) is 4.09. The summed E-state index contributed by atoms with van der Waals surface area (Å²) in [5.41, 5.74) is 7.08. The van der Waals surface area contributed by atoms with Crippen molar-refractivity contribution in [3.05, 3.63) is 71.9 Å². The van der Waals surface area contributed by atoms with E-state index in [-0.39, 0.29) is 0 Å². The molecule has 23 heavy (non-hydrogen) atoms. The number of amides is 2. The molecule has 0 saturated carbocycles. The molecule has 0 aliphatic carbocycles. The van der Waals surface area contributed by atoms with Gasteiger partial charge < -0.3 is 5.73 Å². The Morgan fingerprint density at radius 2 is 2.09 bits per heavy atom. The minimum absolute atomic E-state index is 0.317. The normalized spacial score (nSPS) is 11.0. The lowest BCUT2D eigenvalue weighted by molar-refractivity contribution is 0.259. The maximum Gasteiger partial charge on any atom is 0.317 e. The van der Waals surface area contributed by atoms with E-state index < -0.39 is 6.03 Å². The molecule has 6 nitrogen and oxygen atoms in total. The molecule has 1 aromatic carbocycles. The number of nitrogens with two attached hydrogens (primary N) is 2. The van der Waals surface area contributed by atoms with Crippen LogP contribution in [0.25, 0.3) is 5.70 Å². The van der Waals surface area contributed by atoms with E-state index in [0.717, 1.165) is 0 Å². The summed E-state index contributed by atoms with van der Waals surface area (Å²) in [5.74, 6) is 6.53. The van der Waals surface area contributed by atoms with Gasteiger partial charge in [-0.25, -0.2) is 15.6 Å². The predicted octanol–water partition coefficient (Wildman–Crippen LogP) is 3.13. The number of nitrogens with one attached hydrogen (secondary N) is 1. The van der Waals surface area contributed by atoms with E-state index in [0.29, 0.717) is 27.8 Å². The van der Waals surface area contributed by atoms with Gasteiger partial charge in [0.25, 0.3) is 0 Å². The summed E-state index contributed by atoms with van der Waals surface area (Å²) in [4.78, 5) is 15.0. The number of pyridine rings is 1. The number of nitrogens with zero attached hydrogens (tertiary/aromatic N) is 2. The van der Waals surface area contributed by atoms with Gasteiger partial charge >= 0.3 is 6.03 Å². The lowest BCUT2D eigenvalue weighted by atomic mass is 10.1. The van der Waals surface area contributed by atoms with Crippen molar-refractivity contribution in [3.63, 3.8) is 0 Å². The van der Waals surface area contributed by atoms with Gasteiger partial charge in [0.1, 0.15) is 5.82 Å². The van der Waals surface area contributed by atoms with Crippen molar-refractivity contribution >= 4 is 34.8 Å². The number of hydrogen-bond donors (Lipinski definition) is 3. The van der Waals surface area contributed by atoms with Crippen LogP contribution in [0.4, 0.5) is 16.3 Å². The second-order valence-electron chi connectivity index (χ2n) is 4.53. The first-order chi connectivity index (χ1) is 11.0. The fourth-order valence-corrected chi connectivity index (χ4v) is 2.22. The van der Waals surface area contributed by atoms with Crippen molar-refractivity contribution in [2.24, 2.45) is 11.6 Å². The summed E-state index contributed by atoms with van der Waals surface area (Å²) in [6.07, 6.45) is 4.87. The van der Waals surface area contributed by atoms with Gasteiger partial charge in [-0.2, -0.15) is 0 Å². The summed E-state index contributed by atoms with van der Waals surface area (Å²) < 4.78 is 0. The minimum atomic E-state index is -0.695. The molecule has 1 aromatic heterocycles. The van der Waals surface area contributed by atoms with Crippen LogP contribution in [0.15, 0.2) is 61.3 Å². The zero-order chi connectivity index (χ0) is 16.8. The molecule has 0 saturated heterocycles. The molecule has 0 bridgehead atoms. The van der Waals surface area contributed by atoms with Crippen LogP contribution >= 0.6 is 11.6 Å². The Bertz CT molecular complexity index is 760. The van der Waals surface area contributed by atoms with Crippen molar-refractivity contribution in [2.45, 2.75) is 0 Å². The van der Waals surface area contributed by atoms with Gasteiger partial charge in [-0.1, -0.05) is 36.4 Å². The van der Waals surface area contributed by atoms with Gasteiger partial charge in [0.2, 0.25) is 0 Å². The number of aromatic nitrogens is 1. The Labute approximate surface area is 139 Å². The second kappa shape index (κ2) is 7.44. The predicted molar refractivity (Wildman–Crippen MR) is 93.7 cm³/mol. The van der Waals surface area contributed by atoms with E-state index in [9.17, 15) is 4.79 Å². The zero-order valence-corrected chi connectivity index (χ0v) is 13.0. The average molecular weight is 330 g/mol. The first-order valence-corrected chi connectivity index (χ1v) is 7.05.